The maximum absolute atomic E-state index is 14.2. The average molecular weight is 441 g/mol. The predicted octanol–water partition coefficient (Wildman–Crippen LogP) is 4.28. The smallest absolute Gasteiger partial charge is 0.252 e. The van der Waals surface area contributed by atoms with E-state index in [0.29, 0.717) is 17.6 Å². The van der Waals surface area contributed by atoms with Crippen LogP contribution in [0.1, 0.15) is 22.3 Å². The second kappa shape index (κ2) is 9.62. The number of halogens is 2. The van der Waals surface area contributed by atoms with E-state index in [1.54, 1.807) is 18.2 Å². The maximum atomic E-state index is 14.2. The monoisotopic (exact) mass is 440 g/mol. The van der Waals surface area contributed by atoms with Crippen LogP contribution in [-0.4, -0.2) is 55.1 Å². The van der Waals surface area contributed by atoms with Crippen LogP contribution >= 0.6 is 11.6 Å². The van der Waals surface area contributed by atoms with Crippen molar-refractivity contribution in [2.75, 3.05) is 44.2 Å². The molecule has 1 N–H and O–H groups in total. The molecule has 0 atom stereocenters. The molecule has 2 heterocycles. The molecule has 0 radical (unpaired) electrons. The summed E-state index contributed by atoms with van der Waals surface area (Å²) in [6, 6.07) is 12.2. The molecule has 1 aromatic heterocycles. The van der Waals surface area contributed by atoms with Crippen molar-refractivity contribution in [3.8, 4) is 0 Å². The Morgan fingerprint density at radius 1 is 1.16 bits per heavy atom. The molecule has 162 valence electrons. The van der Waals surface area contributed by atoms with Crippen LogP contribution in [0.25, 0.3) is 10.9 Å². The molecule has 3 aromatic rings. The zero-order valence-electron chi connectivity index (χ0n) is 17.6. The van der Waals surface area contributed by atoms with Gasteiger partial charge in [-0.05, 0) is 55.8 Å². The van der Waals surface area contributed by atoms with Gasteiger partial charge in [0.1, 0.15) is 5.82 Å². The molecule has 0 bridgehead atoms. The summed E-state index contributed by atoms with van der Waals surface area (Å²) >= 11 is 6.16. The molecule has 1 aliphatic heterocycles. The van der Waals surface area contributed by atoms with Crippen LogP contribution in [0, 0.1) is 12.7 Å². The number of nitrogens with zero attached hydrogens (tertiary/aromatic N) is 3. The Morgan fingerprint density at radius 3 is 2.77 bits per heavy atom. The first-order valence-electron chi connectivity index (χ1n) is 10.6. The lowest BCUT2D eigenvalue weighted by Crippen LogP contribution is -2.47. The summed E-state index contributed by atoms with van der Waals surface area (Å²) in [5.41, 5.74) is 3.26. The number of hydrogen-bond donors (Lipinski definition) is 1. The normalized spacial score (nSPS) is 14.7. The van der Waals surface area contributed by atoms with E-state index in [2.05, 4.69) is 33.1 Å². The van der Waals surface area contributed by atoms with Crippen LogP contribution in [0.2, 0.25) is 5.02 Å². The van der Waals surface area contributed by atoms with Gasteiger partial charge in [0, 0.05) is 55.0 Å². The molecule has 1 fully saturated rings. The molecular weight excluding hydrogens is 415 g/mol. The van der Waals surface area contributed by atoms with Gasteiger partial charge in [-0.3, -0.25) is 14.7 Å². The summed E-state index contributed by atoms with van der Waals surface area (Å²) in [5, 5.41) is 3.96. The van der Waals surface area contributed by atoms with Gasteiger partial charge in [0.25, 0.3) is 5.91 Å². The van der Waals surface area contributed by atoms with Crippen molar-refractivity contribution in [2.24, 2.45) is 0 Å². The van der Waals surface area contributed by atoms with E-state index >= 15 is 0 Å². The van der Waals surface area contributed by atoms with Gasteiger partial charge in [-0.25, -0.2) is 4.39 Å². The number of piperazine rings is 1. The van der Waals surface area contributed by atoms with Crippen molar-refractivity contribution >= 4 is 34.1 Å². The molecule has 31 heavy (non-hydrogen) atoms. The highest BCUT2D eigenvalue weighted by atomic mass is 35.5. The third kappa shape index (κ3) is 4.97. The lowest BCUT2D eigenvalue weighted by atomic mass is 10.1. The van der Waals surface area contributed by atoms with E-state index in [1.807, 2.05) is 12.1 Å². The van der Waals surface area contributed by atoms with E-state index in [9.17, 15) is 9.18 Å². The van der Waals surface area contributed by atoms with Crippen molar-refractivity contribution in [3.63, 3.8) is 0 Å². The van der Waals surface area contributed by atoms with Gasteiger partial charge in [-0.2, -0.15) is 0 Å². The zero-order valence-corrected chi connectivity index (χ0v) is 18.3. The van der Waals surface area contributed by atoms with Crippen molar-refractivity contribution < 1.29 is 9.18 Å². The number of carbonyl (C=O) groups is 1. The average Bonchev–Trinajstić information content (AvgIpc) is 2.78. The van der Waals surface area contributed by atoms with Crippen LogP contribution < -0.4 is 10.2 Å². The fourth-order valence-corrected chi connectivity index (χ4v) is 4.25. The topological polar surface area (TPSA) is 48.5 Å². The molecule has 2 aromatic carbocycles. The second-order valence-corrected chi connectivity index (χ2v) is 8.30. The van der Waals surface area contributed by atoms with Crippen LogP contribution in [0.5, 0.6) is 0 Å². The van der Waals surface area contributed by atoms with Gasteiger partial charge in [0.05, 0.1) is 11.1 Å². The van der Waals surface area contributed by atoms with Crippen LogP contribution in [0.4, 0.5) is 10.1 Å². The molecular formula is C24H26ClFN4O. The van der Waals surface area contributed by atoms with Gasteiger partial charge < -0.3 is 10.2 Å². The Bertz CT molecular complexity index is 1080. The van der Waals surface area contributed by atoms with Crippen LogP contribution in [-0.2, 0) is 0 Å². The summed E-state index contributed by atoms with van der Waals surface area (Å²) in [4.78, 5) is 21.5. The molecule has 0 aliphatic carbocycles. The minimum atomic E-state index is -0.427. The highest BCUT2D eigenvalue weighted by Crippen LogP contribution is 2.25. The molecule has 5 nitrogen and oxygen atoms in total. The third-order valence-electron chi connectivity index (χ3n) is 5.78. The Kier molecular flexibility index (Phi) is 6.68. The summed E-state index contributed by atoms with van der Waals surface area (Å²) in [6.07, 6.45) is 2.38. The Labute approximate surface area is 186 Å². The summed E-state index contributed by atoms with van der Waals surface area (Å²) in [7, 11) is 0. The van der Waals surface area contributed by atoms with E-state index < -0.39 is 5.82 Å². The van der Waals surface area contributed by atoms with Crippen molar-refractivity contribution in [2.45, 2.75) is 13.3 Å². The highest BCUT2D eigenvalue weighted by molar-refractivity contribution is 6.30. The number of nitrogens with one attached hydrogen (secondary N) is 1. The number of aromatic nitrogens is 1. The SMILES string of the molecule is Cc1ccc(Cl)cc1N1CCN(CCCNC(=O)c2ccnc3cccc(F)c23)CC1. The number of fused-ring (bicyclic) bond motifs is 1. The van der Waals surface area contributed by atoms with Crippen molar-refractivity contribution in [1.82, 2.24) is 15.2 Å². The molecule has 0 saturated carbocycles. The molecule has 0 unspecified atom stereocenters. The molecule has 4 rings (SSSR count). The van der Waals surface area contributed by atoms with E-state index in [4.69, 9.17) is 11.6 Å². The lowest BCUT2D eigenvalue weighted by molar-refractivity contribution is 0.0953. The van der Waals surface area contributed by atoms with E-state index in [1.165, 1.54) is 23.5 Å². The number of rotatable bonds is 6. The number of aryl methyl sites for hydroxylation is 1. The minimum absolute atomic E-state index is 0.265. The number of anilines is 1. The number of carbonyl (C=O) groups excluding carboxylic acids is 1. The molecule has 1 amide bonds. The van der Waals surface area contributed by atoms with E-state index in [-0.39, 0.29) is 11.3 Å². The first kappa shape index (κ1) is 21.5. The predicted molar refractivity (Wildman–Crippen MR) is 123 cm³/mol. The van der Waals surface area contributed by atoms with Gasteiger partial charge in [-0.1, -0.05) is 23.7 Å². The van der Waals surface area contributed by atoms with Gasteiger partial charge >= 0.3 is 0 Å². The largest absolute Gasteiger partial charge is 0.369 e. The zero-order chi connectivity index (χ0) is 21.8. The molecule has 1 aliphatic rings. The number of amides is 1. The van der Waals surface area contributed by atoms with Gasteiger partial charge in [0.2, 0.25) is 0 Å². The number of hydrogen-bond acceptors (Lipinski definition) is 4. The van der Waals surface area contributed by atoms with Crippen LogP contribution in [0.15, 0.2) is 48.7 Å². The highest BCUT2D eigenvalue weighted by Gasteiger charge is 2.19. The lowest BCUT2D eigenvalue weighted by Gasteiger charge is -2.37. The summed E-state index contributed by atoms with van der Waals surface area (Å²) < 4.78 is 14.2. The Balaban J connectivity index is 1.25. The Morgan fingerprint density at radius 2 is 1.97 bits per heavy atom. The molecule has 1 saturated heterocycles. The third-order valence-corrected chi connectivity index (χ3v) is 6.02. The van der Waals surface area contributed by atoms with E-state index in [0.717, 1.165) is 44.2 Å². The van der Waals surface area contributed by atoms with Crippen molar-refractivity contribution in [1.29, 1.82) is 0 Å². The number of benzene rings is 2. The number of pyridine rings is 1. The molecule has 7 heteroatoms. The maximum Gasteiger partial charge on any atom is 0.252 e. The fourth-order valence-electron chi connectivity index (χ4n) is 4.09. The summed E-state index contributed by atoms with van der Waals surface area (Å²) in [6.45, 7) is 7.42. The first-order valence-corrected chi connectivity index (χ1v) is 11.0. The first-order chi connectivity index (χ1) is 15.0. The second-order valence-electron chi connectivity index (χ2n) is 7.86. The standard InChI is InChI=1S/C24H26ClFN4O/c1-17-6-7-18(25)16-22(17)30-14-12-29(13-15-30)11-3-9-28-24(31)19-8-10-27-21-5-2-4-20(26)23(19)21/h2,4-8,10,16H,3,9,11-15H2,1H3,(H,28,31). The Hall–Kier alpha value is -2.70. The minimum Gasteiger partial charge on any atom is -0.369 e. The van der Waals surface area contributed by atoms with Gasteiger partial charge in [-0.15, -0.1) is 0 Å². The summed E-state index contributed by atoms with van der Waals surface area (Å²) in [5.74, 6) is -0.692. The quantitative estimate of drug-likeness (QED) is 0.581. The molecule has 0 spiro atoms. The fraction of sp³-hybridized carbons (Fsp3) is 0.333. The van der Waals surface area contributed by atoms with Gasteiger partial charge in [0.15, 0.2) is 0 Å². The van der Waals surface area contributed by atoms with Crippen molar-refractivity contribution in [3.05, 3.63) is 70.6 Å². The van der Waals surface area contributed by atoms with Crippen LogP contribution in [0.3, 0.4) is 0 Å².